The minimum atomic E-state index is -0.575. The van der Waals surface area contributed by atoms with E-state index in [0.717, 1.165) is 0 Å². The predicted molar refractivity (Wildman–Crippen MR) is 78.7 cm³/mol. The third kappa shape index (κ3) is 4.48. The largest absolute Gasteiger partial charge is 0.496 e. The van der Waals surface area contributed by atoms with E-state index in [-0.39, 0.29) is 16.5 Å². The Morgan fingerprint density at radius 2 is 2.25 bits per heavy atom. The van der Waals surface area contributed by atoms with Crippen LogP contribution in [-0.2, 0) is 4.79 Å². The molecule has 0 atom stereocenters. The minimum Gasteiger partial charge on any atom is -0.496 e. The molecule has 0 saturated heterocycles. The first-order valence-electron chi connectivity index (χ1n) is 5.69. The second-order valence-corrected chi connectivity index (χ2v) is 5.03. The van der Waals surface area contributed by atoms with E-state index in [2.05, 4.69) is 11.8 Å². The first kappa shape index (κ1) is 15.9. The average molecular weight is 294 g/mol. The van der Waals surface area contributed by atoms with E-state index in [1.54, 1.807) is 6.07 Å². The number of hydrogen-bond acceptors (Lipinski definition) is 6. The number of nitrogens with two attached hydrogens (primary N) is 1. The highest BCUT2D eigenvalue weighted by atomic mass is 32.2. The fraction of sp³-hybridized carbons (Fsp3) is 0.308. The van der Waals surface area contributed by atoms with Crippen LogP contribution >= 0.6 is 11.8 Å². The first-order chi connectivity index (χ1) is 9.45. The van der Waals surface area contributed by atoms with Gasteiger partial charge in [0.2, 0.25) is 0 Å². The van der Waals surface area contributed by atoms with E-state index in [0.29, 0.717) is 23.5 Å². The number of methoxy groups -OCH3 is 1. The fourth-order valence-electron chi connectivity index (χ4n) is 1.39. The molecule has 0 aliphatic rings. The van der Waals surface area contributed by atoms with Crippen molar-refractivity contribution in [1.82, 2.24) is 0 Å². The molecule has 0 heterocycles. The number of thioether (sulfide) groups is 1. The van der Waals surface area contributed by atoms with Crippen LogP contribution in [0.4, 0.5) is 11.4 Å². The van der Waals surface area contributed by atoms with Gasteiger partial charge in [-0.2, -0.15) is 0 Å². The van der Waals surface area contributed by atoms with E-state index in [9.17, 15) is 14.9 Å². The molecule has 1 rings (SSSR count). The van der Waals surface area contributed by atoms with Gasteiger partial charge >= 0.3 is 0 Å². The van der Waals surface area contributed by atoms with Crippen LogP contribution in [0.15, 0.2) is 12.1 Å². The van der Waals surface area contributed by atoms with Gasteiger partial charge in [0.1, 0.15) is 11.4 Å². The van der Waals surface area contributed by atoms with Crippen LogP contribution < -0.4 is 10.5 Å². The molecule has 0 aromatic heterocycles. The number of benzene rings is 1. The molecule has 106 valence electrons. The molecular weight excluding hydrogens is 280 g/mol. The molecule has 0 aliphatic heterocycles. The van der Waals surface area contributed by atoms with E-state index in [4.69, 9.17) is 10.5 Å². The number of rotatable bonds is 4. The number of ether oxygens (including phenoxy) is 1. The number of nitro groups is 1. The van der Waals surface area contributed by atoms with Gasteiger partial charge in [-0.3, -0.25) is 14.9 Å². The lowest BCUT2D eigenvalue weighted by Crippen LogP contribution is -1.99. The van der Waals surface area contributed by atoms with Gasteiger partial charge in [-0.05, 0) is 6.07 Å². The molecule has 0 saturated carbocycles. The molecule has 1 aromatic rings. The quantitative estimate of drug-likeness (QED) is 0.301. The van der Waals surface area contributed by atoms with E-state index >= 15 is 0 Å². The van der Waals surface area contributed by atoms with E-state index in [1.807, 2.05) is 0 Å². The third-order valence-electron chi connectivity index (χ3n) is 2.32. The Morgan fingerprint density at radius 1 is 1.55 bits per heavy atom. The lowest BCUT2D eigenvalue weighted by molar-refractivity contribution is -0.384. The number of nitro benzene ring substituents is 1. The maximum Gasteiger partial charge on any atom is 0.297 e. The van der Waals surface area contributed by atoms with Crippen molar-refractivity contribution >= 4 is 28.3 Å². The summed E-state index contributed by atoms with van der Waals surface area (Å²) in [4.78, 5) is 21.0. The number of anilines is 1. The van der Waals surface area contributed by atoms with Crippen molar-refractivity contribution in [2.75, 3.05) is 18.6 Å². The SMILES string of the molecule is COc1cc(C#CCCSC(C)=O)c(N)c([N+](=O)[O-])c1. The molecule has 0 fully saturated rings. The number of carbonyl (C=O) groups is 1. The maximum absolute atomic E-state index is 10.9. The van der Waals surface area contributed by atoms with Gasteiger partial charge in [0.05, 0.1) is 23.7 Å². The highest BCUT2D eigenvalue weighted by Crippen LogP contribution is 2.30. The Labute approximate surface area is 120 Å². The zero-order chi connectivity index (χ0) is 15.1. The van der Waals surface area contributed by atoms with Crippen molar-refractivity contribution in [2.24, 2.45) is 0 Å². The molecule has 1 aromatic carbocycles. The summed E-state index contributed by atoms with van der Waals surface area (Å²) in [6, 6.07) is 2.81. The van der Waals surface area contributed by atoms with Crippen LogP contribution in [0.2, 0.25) is 0 Å². The average Bonchev–Trinajstić information content (AvgIpc) is 2.39. The molecule has 0 bridgehead atoms. The number of nitrogens with zero attached hydrogens (tertiary/aromatic N) is 1. The lowest BCUT2D eigenvalue weighted by atomic mass is 10.1. The first-order valence-corrected chi connectivity index (χ1v) is 6.68. The van der Waals surface area contributed by atoms with E-state index < -0.39 is 4.92 Å². The summed E-state index contributed by atoms with van der Waals surface area (Å²) >= 11 is 1.18. The van der Waals surface area contributed by atoms with Crippen LogP contribution in [0, 0.1) is 22.0 Å². The molecule has 0 radical (unpaired) electrons. The Kier molecular flexibility index (Phi) is 5.87. The lowest BCUT2D eigenvalue weighted by Gasteiger charge is -2.04. The fourth-order valence-corrected chi connectivity index (χ4v) is 1.88. The van der Waals surface area contributed by atoms with Crippen LogP contribution in [0.3, 0.4) is 0 Å². The number of carbonyl (C=O) groups excluding carboxylic acids is 1. The van der Waals surface area contributed by atoms with E-state index in [1.165, 1.54) is 31.9 Å². The molecule has 2 N–H and O–H groups in total. The van der Waals surface area contributed by atoms with Gasteiger partial charge in [0.25, 0.3) is 5.69 Å². The van der Waals surface area contributed by atoms with Crippen molar-refractivity contribution in [3.05, 3.63) is 27.8 Å². The van der Waals surface area contributed by atoms with Gasteiger partial charge in [0.15, 0.2) is 5.12 Å². The molecular formula is C13H14N2O4S. The van der Waals surface area contributed by atoms with Gasteiger partial charge in [-0.15, -0.1) is 0 Å². The van der Waals surface area contributed by atoms with Gasteiger partial charge in [-0.1, -0.05) is 23.6 Å². The molecule has 0 unspecified atom stereocenters. The Hall–Kier alpha value is -2.20. The number of hydrogen-bond donors (Lipinski definition) is 1. The third-order valence-corrected chi connectivity index (χ3v) is 3.13. The number of nitrogen functional groups attached to an aromatic ring is 1. The molecule has 7 heteroatoms. The maximum atomic E-state index is 10.9. The zero-order valence-corrected chi connectivity index (χ0v) is 12.0. The van der Waals surface area contributed by atoms with Crippen LogP contribution in [-0.4, -0.2) is 22.9 Å². The van der Waals surface area contributed by atoms with Crippen molar-refractivity contribution in [3.8, 4) is 17.6 Å². The van der Waals surface area contributed by atoms with Crippen molar-refractivity contribution in [3.63, 3.8) is 0 Å². The smallest absolute Gasteiger partial charge is 0.297 e. The molecule has 0 amide bonds. The van der Waals surface area contributed by atoms with Gasteiger partial charge in [0, 0.05) is 19.1 Å². The Bertz CT molecular complexity index is 590. The molecule has 20 heavy (non-hydrogen) atoms. The zero-order valence-electron chi connectivity index (χ0n) is 11.1. The Balaban J connectivity index is 2.94. The highest BCUT2D eigenvalue weighted by molar-refractivity contribution is 8.13. The summed E-state index contributed by atoms with van der Waals surface area (Å²) in [7, 11) is 1.41. The summed E-state index contributed by atoms with van der Waals surface area (Å²) in [5.41, 5.74) is 5.85. The van der Waals surface area contributed by atoms with Crippen molar-refractivity contribution in [2.45, 2.75) is 13.3 Å². The predicted octanol–water partition coefficient (Wildman–Crippen LogP) is 2.21. The van der Waals surface area contributed by atoms with Crippen LogP contribution in [0.25, 0.3) is 0 Å². The standard InChI is InChI=1S/C13H14N2O4S/c1-9(16)20-6-4-3-5-10-7-11(19-2)8-12(13(10)14)15(17)18/h7-8H,4,6,14H2,1-2H3. The van der Waals surface area contributed by atoms with Crippen LogP contribution in [0.1, 0.15) is 18.9 Å². The van der Waals surface area contributed by atoms with Gasteiger partial charge < -0.3 is 10.5 Å². The highest BCUT2D eigenvalue weighted by Gasteiger charge is 2.16. The summed E-state index contributed by atoms with van der Waals surface area (Å²) < 4.78 is 4.98. The second kappa shape index (κ2) is 7.40. The molecule has 6 nitrogen and oxygen atoms in total. The monoisotopic (exact) mass is 294 g/mol. The summed E-state index contributed by atoms with van der Waals surface area (Å²) in [6.07, 6.45) is 0.495. The summed E-state index contributed by atoms with van der Waals surface area (Å²) in [5, 5.41) is 10.9. The minimum absolute atomic E-state index is 0.0162. The van der Waals surface area contributed by atoms with Crippen molar-refractivity contribution in [1.29, 1.82) is 0 Å². The molecule has 0 spiro atoms. The topological polar surface area (TPSA) is 95.5 Å². The summed E-state index contributed by atoms with van der Waals surface area (Å²) in [5.74, 6) is 6.51. The van der Waals surface area contributed by atoms with Crippen molar-refractivity contribution < 1.29 is 14.5 Å². The summed E-state index contributed by atoms with van der Waals surface area (Å²) in [6.45, 7) is 1.49. The Morgan fingerprint density at radius 3 is 2.80 bits per heavy atom. The molecule has 0 aliphatic carbocycles. The van der Waals surface area contributed by atoms with Gasteiger partial charge in [-0.25, -0.2) is 0 Å². The second-order valence-electron chi connectivity index (χ2n) is 3.76. The van der Waals surface area contributed by atoms with Crippen LogP contribution in [0.5, 0.6) is 5.75 Å². The normalized spacial score (nSPS) is 9.50.